The second kappa shape index (κ2) is 5.25. The van der Waals surface area contributed by atoms with Crippen LogP contribution < -0.4 is 15.2 Å². The fraction of sp³-hybridized carbons (Fsp3) is 0.400. The maximum atomic E-state index is 12.4. The molecule has 0 saturated carbocycles. The van der Waals surface area contributed by atoms with E-state index in [4.69, 9.17) is 10.5 Å². The van der Waals surface area contributed by atoms with Gasteiger partial charge in [-0.2, -0.15) is 17.9 Å². The summed E-state index contributed by atoms with van der Waals surface area (Å²) in [7, 11) is -3.16. The second-order valence-electron chi connectivity index (χ2n) is 3.79. The Balaban J connectivity index is 3.14. The van der Waals surface area contributed by atoms with Crippen molar-refractivity contribution in [3.63, 3.8) is 0 Å². The normalized spacial score (nSPS) is 14.2. The molecule has 0 bridgehead atoms. The number of halogens is 3. The summed E-state index contributed by atoms with van der Waals surface area (Å²) in [6.45, 7) is 0.710. The molecule has 1 aromatic carbocycles. The molecule has 9 heteroatoms. The minimum atomic E-state index is -4.67. The second-order valence-corrected chi connectivity index (χ2v) is 5.48. The summed E-state index contributed by atoms with van der Waals surface area (Å²) in [6, 6.07) is 1.35. The van der Waals surface area contributed by atoms with Crippen LogP contribution in [0.5, 0.6) is 5.75 Å². The van der Waals surface area contributed by atoms with Crippen molar-refractivity contribution >= 4 is 15.7 Å². The Hall–Kier alpha value is -1.48. The molecule has 0 radical (unpaired) electrons. The van der Waals surface area contributed by atoms with Gasteiger partial charge in [-0.1, -0.05) is 0 Å². The average molecular weight is 298 g/mol. The number of nitrogen functional groups attached to an aromatic ring is 1. The van der Waals surface area contributed by atoms with Crippen molar-refractivity contribution in [3.05, 3.63) is 18.2 Å². The maximum Gasteiger partial charge on any atom is 0.404 e. The van der Waals surface area contributed by atoms with Crippen LogP contribution in [-0.4, -0.2) is 27.7 Å². The lowest BCUT2D eigenvalue weighted by Crippen LogP contribution is -2.43. The average Bonchev–Trinajstić information content (AvgIpc) is 2.26. The predicted molar refractivity (Wildman–Crippen MR) is 63.2 cm³/mol. The van der Waals surface area contributed by atoms with E-state index in [0.29, 0.717) is 6.92 Å². The Bertz CT molecular complexity index is 558. The van der Waals surface area contributed by atoms with Crippen molar-refractivity contribution in [2.75, 3.05) is 12.8 Å². The van der Waals surface area contributed by atoms with E-state index < -0.39 is 27.1 Å². The molecule has 0 amide bonds. The lowest BCUT2D eigenvalue weighted by Gasteiger charge is -2.18. The summed E-state index contributed by atoms with van der Waals surface area (Å²) in [6.07, 6.45) is -4.67. The van der Waals surface area contributed by atoms with Gasteiger partial charge in [-0.15, -0.1) is 0 Å². The van der Waals surface area contributed by atoms with Crippen molar-refractivity contribution in [3.8, 4) is 5.75 Å². The number of benzene rings is 1. The predicted octanol–water partition coefficient (Wildman–Crippen LogP) is 1.51. The zero-order valence-electron chi connectivity index (χ0n) is 10.2. The first-order valence-electron chi connectivity index (χ1n) is 5.10. The van der Waals surface area contributed by atoms with E-state index in [0.717, 1.165) is 6.07 Å². The van der Waals surface area contributed by atoms with Crippen LogP contribution in [-0.2, 0) is 10.0 Å². The third kappa shape index (κ3) is 3.74. The molecule has 0 aliphatic carbocycles. The van der Waals surface area contributed by atoms with Gasteiger partial charge in [0.25, 0.3) is 0 Å². The molecule has 5 nitrogen and oxygen atoms in total. The molecule has 0 unspecified atom stereocenters. The van der Waals surface area contributed by atoms with Crippen LogP contribution in [0.3, 0.4) is 0 Å². The first kappa shape index (κ1) is 15.6. The van der Waals surface area contributed by atoms with Crippen LogP contribution in [0.2, 0.25) is 0 Å². The van der Waals surface area contributed by atoms with E-state index in [-0.39, 0.29) is 11.4 Å². The number of alkyl halides is 3. The smallest absolute Gasteiger partial charge is 0.404 e. The lowest BCUT2D eigenvalue weighted by atomic mass is 10.3. The van der Waals surface area contributed by atoms with Gasteiger partial charge in [0.05, 0.1) is 7.11 Å². The number of sulfonamides is 1. The molecule has 108 valence electrons. The number of methoxy groups -OCH3 is 1. The Labute approximate surface area is 108 Å². The number of anilines is 1. The fourth-order valence-electron chi connectivity index (χ4n) is 1.27. The van der Waals surface area contributed by atoms with Gasteiger partial charge >= 0.3 is 6.18 Å². The summed E-state index contributed by atoms with van der Waals surface area (Å²) in [4.78, 5) is -0.403. The van der Waals surface area contributed by atoms with E-state index in [2.05, 4.69) is 0 Å². The minimum Gasteiger partial charge on any atom is -0.495 e. The topological polar surface area (TPSA) is 81.4 Å². The molecule has 19 heavy (non-hydrogen) atoms. The number of nitrogens with two attached hydrogens (primary N) is 1. The Kier molecular flexibility index (Phi) is 4.31. The van der Waals surface area contributed by atoms with Gasteiger partial charge in [0.2, 0.25) is 10.0 Å². The maximum absolute atomic E-state index is 12.4. The fourth-order valence-corrected chi connectivity index (χ4v) is 2.65. The SMILES string of the molecule is COc1cc(N)ccc1S(=O)(=O)N[C@@H](C)C(F)(F)F. The highest BCUT2D eigenvalue weighted by Crippen LogP contribution is 2.28. The van der Waals surface area contributed by atoms with Crippen LogP contribution in [0.1, 0.15) is 6.92 Å². The van der Waals surface area contributed by atoms with Crippen molar-refractivity contribution in [1.29, 1.82) is 0 Å². The zero-order valence-corrected chi connectivity index (χ0v) is 11.0. The monoisotopic (exact) mass is 298 g/mol. The van der Waals surface area contributed by atoms with Crippen LogP contribution in [0.15, 0.2) is 23.1 Å². The number of nitrogens with one attached hydrogen (secondary N) is 1. The van der Waals surface area contributed by atoms with Crippen LogP contribution in [0, 0.1) is 0 Å². The van der Waals surface area contributed by atoms with Crippen LogP contribution >= 0.6 is 0 Å². The van der Waals surface area contributed by atoms with Gasteiger partial charge in [-0.05, 0) is 19.1 Å². The van der Waals surface area contributed by atoms with Crippen LogP contribution in [0.25, 0.3) is 0 Å². The van der Waals surface area contributed by atoms with E-state index >= 15 is 0 Å². The number of hydrogen-bond donors (Lipinski definition) is 2. The molecule has 1 aromatic rings. The number of rotatable bonds is 4. The molecule has 3 N–H and O–H groups in total. The van der Waals surface area contributed by atoms with E-state index in [9.17, 15) is 21.6 Å². The Morgan fingerprint density at radius 2 is 1.95 bits per heavy atom. The van der Waals surface area contributed by atoms with Gasteiger partial charge < -0.3 is 10.5 Å². The van der Waals surface area contributed by atoms with E-state index in [1.165, 1.54) is 24.0 Å². The van der Waals surface area contributed by atoms with Crippen molar-refractivity contribution in [1.82, 2.24) is 4.72 Å². The third-order valence-corrected chi connectivity index (χ3v) is 3.88. The van der Waals surface area contributed by atoms with E-state index in [1.807, 2.05) is 0 Å². The summed E-state index contributed by atoms with van der Waals surface area (Å²) >= 11 is 0. The molecular formula is C10H13F3N2O3S. The Morgan fingerprint density at radius 3 is 2.42 bits per heavy atom. The molecule has 0 fully saturated rings. The molecule has 1 rings (SSSR count). The van der Waals surface area contributed by atoms with Gasteiger partial charge in [-0.25, -0.2) is 8.42 Å². The van der Waals surface area contributed by atoms with Gasteiger partial charge in [-0.3, -0.25) is 0 Å². The lowest BCUT2D eigenvalue weighted by molar-refractivity contribution is -0.147. The van der Waals surface area contributed by atoms with Gasteiger partial charge in [0.15, 0.2) is 0 Å². The molecule has 0 aliphatic heterocycles. The summed E-state index contributed by atoms with van der Waals surface area (Å²) < 4.78 is 67.1. The first-order chi connectivity index (χ1) is 8.58. The number of hydrogen-bond acceptors (Lipinski definition) is 4. The van der Waals surface area contributed by atoms with Gasteiger partial charge in [0.1, 0.15) is 16.7 Å². The molecular weight excluding hydrogens is 285 g/mol. The quantitative estimate of drug-likeness (QED) is 0.826. The molecule has 0 spiro atoms. The highest BCUT2D eigenvalue weighted by atomic mass is 32.2. The van der Waals surface area contributed by atoms with Crippen molar-refractivity contribution in [2.24, 2.45) is 0 Å². The van der Waals surface area contributed by atoms with Gasteiger partial charge in [0, 0.05) is 11.8 Å². The summed E-state index contributed by atoms with van der Waals surface area (Å²) in [5.74, 6) is -0.123. The first-order valence-corrected chi connectivity index (χ1v) is 6.59. The van der Waals surface area contributed by atoms with Crippen LogP contribution in [0.4, 0.5) is 18.9 Å². The summed E-state index contributed by atoms with van der Waals surface area (Å²) in [5.41, 5.74) is 5.68. The molecule has 0 saturated heterocycles. The number of ether oxygens (including phenoxy) is 1. The third-order valence-electron chi connectivity index (χ3n) is 2.30. The minimum absolute atomic E-state index is 0.123. The highest BCUT2D eigenvalue weighted by molar-refractivity contribution is 7.89. The molecule has 0 aromatic heterocycles. The Morgan fingerprint density at radius 1 is 1.37 bits per heavy atom. The standard InChI is InChI=1S/C10H13F3N2O3S/c1-6(10(11,12)13)15-19(16,17)9-4-3-7(14)5-8(9)18-2/h3-6,15H,14H2,1-2H3/t6-/m0/s1. The summed E-state index contributed by atoms with van der Waals surface area (Å²) in [5, 5.41) is 0. The largest absolute Gasteiger partial charge is 0.495 e. The molecule has 0 heterocycles. The zero-order chi connectivity index (χ0) is 14.8. The van der Waals surface area contributed by atoms with Crippen molar-refractivity contribution in [2.45, 2.75) is 24.0 Å². The van der Waals surface area contributed by atoms with E-state index in [1.54, 1.807) is 0 Å². The molecule has 1 atom stereocenters. The highest BCUT2D eigenvalue weighted by Gasteiger charge is 2.39. The van der Waals surface area contributed by atoms with Crippen molar-refractivity contribution < 1.29 is 26.3 Å². The molecule has 0 aliphatic rings.